The quantitative estimate of drug-likeness (QED) is 0.392. The molecule has 0 radical (unpaired) electrons. The fraction of sp³-hybridized carbons (Fsp3) is 0.500. The van der Waals surface area contributed by atoms with Crippen molar-refractivity contribution in [2.45, 2.75) is 23.8 Å². The van der Waals surface area contributed by atoms with Crippen LogP contribution in [0.15, 0.2) is 20.0 Å². The minimum absolute atomic E-state index is 0.773. The Labute approximate surface area is 109 Å². The number of carbonyl (C=O) groups excluding carboxylic acids is 4. The van der Waals surface area contributed by atoms with Gasteiger partial charge in [0.25, 0.3) is 0 Å². The molecule has 10 heteroatoms. The summed E-state index contributed by atoms with van der Waals surface area (Å²) in [5.41, 5.74) is 0. The van der Waals surface area contributed by atoms with Gasteiger partial charge in [-0.2, -0.15) is 20.0 Å². The molecule has 0 aromatic rings. The van der Waals surface area contributed by atoms with E-state index in [1.807, 2.05) is 0 Å². The summed E-state index contributed by atoms with van der Waals surface area (Å²) in [6, 6.07) is 0. The Hall–Kier alpha value is -1.78. The number of nitrogens with zero attached hydrogens (tertiary/aromatic N) is 4. The van der Waals surface area contributed by atoms with Crippen molar-refractivity contribution in [2.24, 2.45) is 20.0 Å². The molecule has 0 bridgehead atoms. The summed E-state index contributed by atoms with van der Waals surface area (Å²) in [6.45, 7) is 2.66. The third-order valence-electron chi connectivity index (χ3n) is 1.37. The van der Waals surface area contributed by atoms with E-state index >= 15 is 0 Å². The zero-order valence-corrected chi connectivity index (χ0v) is 10.9. The van der Waals surface area contributed by atoms with Crippen LogP contribution in [0.3, 0.4) is 0 Å². The first-order chi connectivity index (χ1) is 8.45. The van der Waals surface area contributed by atoms with Gasteiger partial charge in [0, 0.05) is 0 Å². The average molecular weight is 286 g/mol. The van der Waals surface area contributed by atoms with Crippen molar-refractivity contribution in [3.05, 3.63) is 0 Å². The summed E-state index contributed by atoms with van der Waals surface area (Å²) in [5, 5.41) is 0. The molecular formula is C8H6N4O4S2. The van der Waals surface area contributed by atoms with E-state index in [0.29, 0.717) is 0 Å². The van der Waals surface area contributed by atoms with Crippen LogP contribution in [0.5, 0.6) is 0 Å². The lowest BCUT2D eigenvalue weighted by molar-refractivity contribution is 0.546. The molecule has 0 amide bonds. The van der Waals surface area contributed by atoms with Crippen LogP contribution in [0, 0.1) is 0 Å². The Bertz CT molecular complexity index is 415. The van der Waals surface area contributed by atoms with E-state index < -0.39 is 9.99 Å². The van der Waals surface area contributed by atoms with Crippen LogP contribution in [0.25, 0.3) is 0 Å². The maximum atomic E-state index is 10.2. The Balaban J connectivity index is 5.10. The number of hydrogen-bond donors (Lipinski definition) is 0. The SMILES string of the molecule is CC(N=C=O)(N=C=O)SSC(C)(N=C=O)N=C=O. The molecule has 0 aliphatic rings. The van der Waals surface area contributed by atoms with Gasteiger partial charge in [0.2, 0.25) is 34.3 Å². The summed E-state index contributed by atoms with van der Waals surface area (Å²) in [7, 11) is 1.55. The van der Waals surface area contributed by atoms with Gasteiger partial charge in [0.15, 0.2) is 0 Å². The smallest absolute Gasteiger partial charge is 0.211 e. The second kappa shape index (κ2) is 7.53. The third kappa shape index (κ3) is 5.52. The molecule has 8 nitrogen and oxygen atoms in total. The number of aliphatic imine (C=N–C) groups is 4. The molecule has 18 heavy (non-hydrogen) atoms. The zero-order valence-electron chi connectivity index (χ0n) is 9.24. The van der Waals surface area contributed by atoms with Gasteiger partial charge in [-0.3, -0.25) is 0 Å². The van der Waals surface area contributed by atoms with E-state index in [0.717, 1.165) is 21.6 Å². The largest absolute Gasteiger partial charge is 0.238 e. The molecule has 0 saturated carbocycles. The Morgan fingerprint density at radius 2 is 0.889 bits per heavy atom. The molecule has 0 fully saturated rings. The van der Waals surface area contributed by atoms with Crippen LogP contribution in [-0.2, 0) is 19.2 Å². The molecule has 0 unspecified atom stereocenters. The number of hydrogen-bond acceptors (Lipinski definition) is 10. The monoisotopic (exact) mass is 286 g/mol. The normalized spacial score (nSPS) is 15.4. The minimum atomic E-state index is -1.49. The van der Waals surface area contributed by atoms with Gasteiger partial charge in [-0.25, -0.2) is 19.2 Å². The first-order valence-corrected chi connectivity index (χ1v) is 6.33. The van der Waals surface area contributed by atoms with E-state index in [4.69, 9.17) is 0 Å². The lowest BCUT2D eigenvalue weighted by Gasteiger charge is -2.20. The molecule has 0 rings (SSSR count). The zero-order chi connectivity index (χ0) is 14.1. The van der Waals surface area contributed by atoms with Crippen molar-refractivity contribution < 1.29 is 19.2 Å². The van der Waals surface area contributed by atoms with Crippen molar-refractivity contribution in [3.63, 3.8) is 0 Å². The lowest BCUT2D eigenvalue weighted by Crippen LogP contribution is -2.17. The maximum absolute atomic E-state index is 10.2. The van der Waals surface area contributed by atoms with Crippen LogP contribution in [-0.4, -0.2) is 34.3 Å². The van der Waals surface area contributed by atoms with Gasteiger partial charge < -0.3 is 0 Å². The first-order valence-electron chi connectivity index (χ1n) is 4.18. The predicted molar refractivity (Wildman–Crippen MR) is 64.5 cm³/mol. The highest BCUT2D eigenvalue weighted by atomic mass is 33.1. The second-order valence-corrected chi connectivity index (χ2v) is 5.73. The van der Waals surface area contributed by atoms with Crippen LogP contribution in [0.1, 0.15) is 13.8 Å². The molecule has 0 atom stereocenters. The molecule has 0 saturated heterocycles. The molecule has 0 heterocycles. The van der Waals surface area contributed by atoms with Crippen molar-refractivity contribution >= 4 is 45.9 Å². The summed E-state index contributed by atoms with van der Waals surface area (Å²) < 4.78 is 0. The molecule has 94 valence electrons. The van der Waals surface area contributed by atoms with Crippen LogP contribution in [0.4, 0.5) is 0 Å². The van der Waals surface area contributed by atoms with Crippen molar-refractivity contribution in [1.82, 2.24) is 0 Å². The van der Waals surface area contributed by atoms with E-state index in [-0.39, 0.29) is 0 Å². The molecule has 0 N–H and O–H groups in total. The van der Waals surface area contributed by atoms with Crippen LogP contribution < -0.4 is 0 Å². The molecule has 0 aromatic carbocycles. The standard InChI is InChI=1S/C8H6N4O4S2/c1-7(9-3-13,10-4-14)17-18-8(2,11-5-15)12-6-16/h1-2H3. The molecular weight excluding hydrogens is 280 g/mol. The van der Waals surface area contributed by atoms with Gasteiger partial charge in [0.1, 0.15) is 0 Å². The van der Waals surface area contributed by atoms with Crippen LogP contribution in [0.2, 0.25) is 0 Å². The van der Waals surface area contributed by atoms with Crippen molar-refractivity contribution in [1.29, 1.82) is 0 Å². The number of rotatable bonds is 7. The van der Waals surface area contributed by atoms with Gasteiger partial charge >= 0.3 is 0 Å². The lowest BCUT2D eigenvalue weighted by atomic mass is 10.6. The van der Waals surface area contributed by atoms with E-state index in [2.05, 4.69) is 20.0 Å². The highest BCUT2D eigenvalue weighted by Crippen LogP contribution is 2.45. The topological polar surface area (TPSA) is 118 Å². The molecule has 0 aromatic heterocycles. The van der Waals surface area contributed by atoms with Crippen molar-refractivity contribution in [2.75, 3.05) is 0 Å². The van der Waals surface area contributed by atoms with Gasteiger partial charge in [-0.1, -0.05) is 0 Å². The third-order valence-corrected chi connectivity index (χ3v) is 4.59. The minimum Gasteiger partial charge on any atom is -0.211 e. The van der Waals surface area contributed by atoms with Gasteiger partial charge in [-0.15, -0.1) is 0 Å². The highest BCUT2D eigenvalue weighted by molar-refractivity contribution is 8.77. The van der Waals surface area contributed by atoms with Crippen molar-refractivity contribution in [3.8, 4) is 0 Å². The summed E-state index contributed by atoms with van der Waals surface area (Å²) in [4.78, 5) is 51.0. The Kier molecular flexibility index (Phi) is 6.78. The Morgan fingerprint density at radius 3 is 1.06 bits per heavy atom. The molecule has 0 spiro atoms. The molecule has 0 aliphatic carbocycles. The van der Waals surface area contributed by atoms with Gasteiger partial charge in [-0.05, 0) is 35.4 Å². The Morgan fingerprint density at radius 1 is 0.667 bits per heavy atom. The first kappa shape index (κ1) is 16.2. The maximum Gasteiger partial charge on any atom is 0.238 e. The average Bonchev–Trinajstić information content (AvgIpc) is 2.28. The summed E-state index contributed by atoms with van der Waals surface area (Å²) in [5.74, 6) is 0. The second-order valence-electron chi connectivity index (χ2n) is 2.85. The summed E-state index contributed by atoms with van der Waals surface area (Å²) in [6.07, 6.45) is 4.98. The van der Waals surface area contributed by atoms with Crippen LogP contribution >= 0.6 is 21.6 Å². The van der Waals surface area contributed by atoms with E-state index in [9.17, 15) is 19.2 Å². The predicted octanol–water partition coefficient (Wildman–Crippen LogP) is 1.06. The fourth-order valence-corrected chi connectivity index (χ4v) is 2.63. The van der Waals surface area contributed by atoms with E-state index in [1.54, 1.807) is 0 Å². The number of isocyanates is 4. The molecule has 0 aliphatic heterocycles. The van der Waals surface area contributed by atoms with E-state index in [1.165, 1.54) is 38.2 Å². The fourth-order valence-electron chi connectivity index (χ4n) is 0.621. The van der Waals surface area contributed by atoms with Gasteiger partial charge in [0.05, 0.1) is 0 Å². The highest BCUT2D eigenvalue weighted by Gasteiger charge is 2.32. The summed E-state index contributed by atoms with van der Waals surface area (Å²) >= 11 is 0.